The number of rotatable bonds is 2. The molecule has 3 aromatic rings. The largest absolute Gasteiger partial charge is 0.392 e. The molecule has 100 valence electrons. The van der Waals surface area contributed by atoms with Crippen LogP contribution in [0.1, 0.15) is 5.56 Å². The van der Waals surface area contributed by atoms with E-state index < -0.39 is 0 Å². The van der Waals surface area contributed by atoms with Crippen molar-refractivity contribution in [2.75, 3.05) is 5.73 Å². The van der Waals surface area contributed by atoms with E-state index in [2.05, 4.69) is 9.97 Å². The number of pyridine rings is 1. The van der Waals surface area contributed by atoms with Crippen molar-refractivity contribution in [3.8, 4) is 0 Å². The summed E-state index contributed by atoms with van der Waals surface area (Å²) < 4.78 is 1.43. The Morgan fingerprint density at radius 3 is 2.95 bits per heavy atom. The van der Waals surface area contributed by atoms with Gasteiger partial charge in [0.25, 0.3) is 5.56 Å². The maximum atomic E-state index is 12.0. The van der Waals surface area contributed by atoms with Crippen LogP contribution in [0.3, 0.4) is 0 Å². The molecule has 0 unspecified atom stereocenters. The SMILES string of the molecule is Nc1c(Cl)ncn(Cc2ccc3ncccc3c2)c1=O. The van der Waals surface area contributed by atoms with Crippen LogP contribution in [-0.4, -0.2) is 14.5 Å². The fourth-order valence-electron chi connectivity index (χ4n) is 2.02. The Bertz CT molecular complexity index is 844. The summed E-state index contributed by atoms with van der Waals surface area (Å²) >= 11 is 5.71. The summed E-state index contributed by atoms with van der Waals surface area (Å²) in [5.74, 6) is 0. The van der Waals surface area contributed by atoms with Crippen LogP contribution in [0.5, 0.6) is 0 Å². The molecule has 0 saturated carbocycles. The summed E-state index contributed by atoms with van der Waals surface area (Å²) in [6.45, 7) is 0.387. The van der Waals surface area contributed by atoms with Crippen molar-refractivity contribution < 1.29 is 0 Å². The average molecular weight is 287 g/mol. The van der Waals surface area contributed by atoms with Crippen molar-refractivity contribution in [1.82, 2.24) is 14.5 Å². The van der Waals surface area contributed by atoms with E-state index in [0.717, 1.165) is 16.5 Å². The number of hydrogen-bond donors (Lipinski definition) is 1. The van der Waals surface area contributed by atoms with Crippen molar-refractivity contribution in [2.45, 2.75) is 6.54 Å². The molecule has 5 nitrogen and oxygen atoms in total. The number of benzene rings is 1. The van der Waals surface area contributed by atoms with Crippen molar-refractivity contribution in [3.63, 3.8) is 0 Å². The lowest BCUT2D eigenvalue weighted by molar-refractivity contribution is 0.740. The minimum atomic E-state index is -0.337. The molecule has 2 N–H and O–H groups in total. The zero-order valence-corrected chi connectivity index (χ0v) is 11.2. The Morgan fingerprint density at radius 2 is 2.10 bits per heavy atom. The van der Waals surface area contributed by atoms with Gasteiger partial charge in [-0.2, -0.15) is 0 Å². The van der Waals surface area contributed by atoms with Crippen LogP contribution in [0.2, 0.25) is 5.15 Å². The first-order valence-corrected chi connectivity index (χ1v) is 6.37. The molecule has 20 heavy (non-hydrogen) atoms. The van der Waals surface area contributed by atoms with E-state index >= 15 is 0 Å². The highest BCUT2D eigenvalue weighted by molar-refractivity contribution is 6.31. The molecule has 0 aliphatic heterocycles. The van der Waals surface area contributed by atoms with E-state index in [-0.39, 0.29) is 16.4 Å². The van der Waals surface area contributed by atoms with Crippen LogP contribution in [0.15, 0.2) is 47.7 Å². The van der Waals surface area contributed by atoms with E-state index in [9.17, 15) is 4.79 Å². The minimum Gasteiger partial charge on any atom is -0.392 e. The molecule has 0 atom stereocenters. The normalized spacial score (nSPS) is 10.8. The Morgan fingerprint density at radius 1 is 1.25 bits per heavy atom. The van der Waals surface area contributed by atoms with Crippen LogP contribution < -0.4 is 11.3 Å². The third-order valence-electron chi connectivity index (χ3n) is 3.04. The first kappa shape index (κ1) is 12.6. The molecule has 0 saturated heterocycles. The van der Waals surface area contributed by atoms with Crippen LogP contribution in [0.4, 0.5) is 5.69 Å². The molecule has 0 amide bonds. The Hall–Kier alpha value is -2.40. The van der Waals surface area contributed by atoms with Gasteiger partial charge in [0, 0.05) is 11.6 Å². The number of anilines is 1. The zero-order chi connectivity index (χ0) is 14.1. The van der Waals surface area contributed by atoms with Crippen LogP contribution in [0, 0.1) is 0 Å². The van der Waals surface area contributed by atoms with Gasteiger partial charge < -0.3 is 5.73 Å². The highest BCUT2D eigenvalue weighted by atomic mass is 35.5. The highest BCUT2D eigenvalue weighted by Gasteiger charge is 2.07. The van der Waals surface area contributed by atoms with Gasteiger partial charge in [0.1, 0.15) is 5.69 Å². The van der Waals surface area contributed by atoms with Gasteiger partial charge in [0.05, 0.1) is 18.4 Å². The Labute approximate surface area is 119 Å². The molecule has 0 spiro atoms. The Balaban J connectivity index is 2.01. The van der Waals surface area contributed by atoms with Gasteiger partial charge in [-0.05, 0) is 23.8 Å². The van der Waals surface area contributed by atoms with Crippen LogP contribution in [-0.2, 0) is 6.54 Å². The second-order valence-corrected chi connectivity index (χ2v) is 4.77. The molecule has 0 fully saturated rings. The number of halogens is 1. The fourth-order valence-corrected chi connectivity index (χ4v) is 2.14. The van der Waals surface area contributed by atoms with Gasteiger partial charge in [-0.1, -0.05) is 23.7 Å². The van der Waals surface area contributed by atoms with E-state index in [1.165, 1.54) is 10.9 Å². The summed E-state index contributed by atoms with van der Waals surface area (Å²) in [6.07, 6.45) is 3.14. The van der Waals surface area contributed by atoms with Gasteiger partial charge in [-0.15, -0.1) is 0 Å². The standard InChI is InChI=1S/C14H11ClN4O/c15-13-12(16)14(20)19(8-18-13)7-9-3-4-11-10(6-9)2-1-5-17-11/h1-6,8H,7,16H2. The molecular weight excluding hydrogens is 276 g/mol. The molecule has 2 heterocycles. The molecule has 1 aromatic carbocycles. The lowest BCUT2D eigenvalue weighted by Crippen LogP contribution is -2.24. The first-order chi connectivity index (χ1) is 9.65. The number of nitrogen functional groups attached to an aromatic ring is 1. The maximum absolute atomic E-state index is 12.0. The molecule has 2 aromatic heterocycles. The number of hydrogen-bond acceptors (Lipinski definition) is 4. The number of nitrogens with zero attached hydrogens (tertiary/aromatic N) is 3. The van der Waals surface area contributed by atoms with E-state index in [4.69, 9.17) is 17.3 Å². The summed E-state index contributed by atoms with van der Waals surface area (Å²) in [5.41, 5.74) is 7.10. The fraction of sp³-hybridized carbons (Fsp3) is 0.0714. The first-order valence-electron chi connectivity index (χ1n) is 5.99. The molecule has 6 heteroatoms. The second-order valence-electron chi connectivity index (χ2n) is 4.41. The molecule has 3 rings (SSSR count). The number of nitrogens with two attached hydrogens (primary N) is 1. The summed E-state index contributed by atoms with van der Waals surface area (Å²) in [4.78, 5) is 20.1. The van der Waals surface area contributed by atoms with E-state index in [1.807, 2.05) is 30.3 Å². The summed E-state index contributed by atoms with van der Waals surface area (Å²) in [6, 6.07) is 9.68. The van der Waals surface area contributed by atoms with Gasteiger partial charge in [0.2, 0.25) is 0 Å². The topological polar surface area (TPSA) is 73.8 Å². The zero-order valence-electron chi connectivity index (χ0n) is 10.5. The van der Waals surface area contributed by atoms with E-state index in [1.54, 1.807) is 6.20 Å². The molecule has 0 aliphatic rings. The minimum absolute atomic E-state index is 0.0309. The second kappa shape index (κ2) is 4.94. The lowest BCUT2D eigenvalue weighted by Gasteiger charge is -2.07. The number of fused-ring (bicyclic) bond motifs is 1. The average Bonchev–Trinajstić information content (AvgIpc) is 2.48. The summed E-state index contributed by atoms with van der Waals surface area (Å²) in [5, 5.41) is 1.06. The summed E-state index contributed by atoms with van der Waals surface area (Å²) in [7, 11) is 0. The monoisotopic (exact) mass is 286 g/mol. The molecule has 0 aliphatic carbocycles. The van der Waals surface area contributed by atoms with Crippen molar-refractivity contribution in [3.05, 3.63) is 63.9 Å². The molecule has 0 bridgehead atoms. The Kier molecular flexibility index (Phi) is 3.12. The van der Waals surface area contributed by atoms with Crippen molar-refractivity contribution >= 4 is 28.2 Å². The quantitative estimate of drug-likeness (QED) is 0.732. The predicted octanol–water partition coefficient (Wildman–Crippen LogP) is 2.08. The van der Waals surface area contributed by atoms with Gasteiger partial charge >= 0.3 is 0 Å². The van der Waals surface area contributed by atoms with E-state index in [0.29, 0.717) is 6.54 Å². The van der Waals surface area contributed by atoms with Gasteiger partial charge in [0.15, 0.2) is 5.15 Å². The maximum Gasteiger partial charge on any atom is 0.278 e. The predicted molar refractivity (Wildman–Crippen MR) is 78.8 cm³/mol. The third-order valence-corrected chi connectivity index (χ3v) is 3.35. The van der Waals surface area contributed by atoms with Gasteiger partial charge in [-0.3, -0.25) is 14.3 Å². The van der Waals surface area contributed by atoms with Crippen LogP contribution >= 0.6 is 11.6 Å². The van der Waals surface area contributed by atoms with Crippen molar-refractivity contribution in [1.29, 1.82) is 0 Å². The van der Waals surface area contributed by atoms with Crippen LogP contribution in [0.25, 0.3) is 10.9 Å². The highest BCUT2D eigenvalue weighted by Crippen LogP contribution is 2.14. The molecular formula is C14H11ClN4O. The van der Waals surface area contributed by atoms with Gasteiger partial charge in [-0.25, -0.2) is 4.98 Å². The number of aromatic nitrogens is 3. The van der Waals surface area contributed by atoms with Crippen molar-refractivity contribution in [2.24, 2.45) is 0 Å². The smallest absolute Gasteiger partial charge is 0.278 e. The molecule has 0 radical (unpaired) electrons. The lowest BCUT2D eigenvalue weighted by atomic mass is 10.1. The third kappa shape index (κ3) is 2.23.